The Morgan fingerprint density at radius 1 is 1.36 bits per heavy atom. The summed E-state index contributed by atoms with van der Waals surface area (Å²) in [6.45, 7) is 0. The highest BCUT2D eigenvalue weighted by Gasteiger charge is 2.09. The van der Waals surface area contributed by atoms with Crippen LogP contribution in [0, 0.1) is 0 Å². The summed E-state index contributed by atoms with van der Waals surface area (Å²) in [4.78, 5) is 12.9. The maximum absolute atomic E-state index is 10.6. The highest BCUT2D eigenvalue weighted by atomic mass is 32.2. The van der Waals surface area contributed by atoms with Crippen LogP contribution >= 0.6 is 23.5 Å². The average molecular weight is 228 g/mol. The van der Waals surface area contributed by atoms with E-state index in [1.807, 2.05) is 30.7 Å². The molecular formula is C10H12O2S2. The Hall–Kier alpha value is -0.610. The van der Waals surface area contributed by atoms with E-state index in [4.69, 9.17) is 5.11 Å². The fraction of sp³-hybridized carbons (Fsp3) is 0.300. The minimum Gasteiger partial charge on any atom is -0.481 e. The van der Waals surface area contributed by atoms with Crippen molar-refractivity contribution >= 4 is 29.5 Å². The molecule has 0 fully saturated rings. The number of carboxylic acid groups (broad SMARTS) is 1. The minimum absolute atomic E-state index is 0.102. The third kappa shape index (κ3) is 2.69. The first kappa shape index (κ1) is 11.5. The summed E-state index contributed by atoms with van der Waals surface area (Å²) in [6.07, 6.45) is 4.07. The van der Waals surface area contributed by atoms with Gasteiger partial charge >= 0.3 is 5.97 Å². The number of carbonyl (C=O) groups is 1. The first-order valence-electron chi connectivity index (χ1n) is 4.10. The SMILES string of the molecule is CSc1cccc(CC(=O)O)c1SC. The standard InChI is InChI=1S/C10H12O2S2/c1-13-8-5-3-4-7(6-9(11)12)10(8)14-2/h3-5H,6H2,1-2H3,(H,11,12). The van der Waals surface area contributed by atoms with Crippen LogP contribution in [0.25, 0.3) is 0 Å². The Labute approximate surface area is 92.1 Å². The second-order valence-corrected chi connectivity index (χ2v) is 4.39. The first-order valence-corrected chi connectivity index (χ1v) is 6.55. The Kier molecular flexibility index (Phi) is 4.35. The van der Waals surface area contributed by atoms with Crippen LogP contribution in [-0.2, 0) is 11.2 Å². The lowest BCUT2D eigenvalue weighted by molar-refractivity contribution is -0.136. The molecule has 1 aromatic rings. The lowest BCUT2D eigenvalue weighted by Crippen LogP contribution is -2.01. The van der Waals surface area contributed by atoms with Crippen LogP contribution in [0.5, 0.6) is 0 Å². The average Bonchev–Trinajstić information content (AvgIpc) is 2.16. The molecule has 4 heteroatoms. The van der Waals surface area contributed by atoms with E-state index in [2.05, 4.69) is 0 Å². The molecule has 0 aliphatic carbocycles. The van der Waals surface area contributed by atoms with Crippen LogP contribution in [0.3, 0.4) is 0 Å². The van der Waals surface area contributed by atoms with E-state index in [0.717, 1.165) is 15.4 Å². The predicted molar refractivity (Wildman–Crippen MR) is 61.3 cm³/mol. The fourth-order valence-electron chi connectivity index (χ4n) is 1.26. The van der Waals surface area contributed by atoms with E-state index in [9.17, 15) is 4.79 Å². The van der Waals surface area contributed by atoms with E-state index in [-0.39, 0.29) is 6.42 Å². The number of benzene rings is 1. The monoisotopic (exact) mass is 228 g/mol. The summed E-state index contributed by atoms with van der Waals surface area (Å²) < 4.78 is 0. The Morgan fingerprint density at radius 3 is 2.57 bits per heavy atom. The van der Waals surface area contributed by atoms with Crippen molar-refractivity contribution in [2.75, 3.05) is 12.5 Å². The van der Waals surface area contributed by atoms with Crippen molar-refractivity contribution in [2.24, 2.45) is 0 Å². The van der Waals surface area contributed by atoms with Gasteiger partial charge < -0.3 is 5.11 Å². The quantitative estimate of drug-likeness (QED) is 0.804. The van der Waals surface area contributed by atoms with Gasteiger partial charge in [0.2, 0.25) is 0 Å². The number of rotatable bonds is 4. The molecule has 0 saturated carbocycles. The molecule has 14 heavy (non-hydrogen) atoms. The molecule has 0 aliphatic heterocycles. The summed E-state index contributed by atoms with van der Waals surface area (Å²) >= 11 is 3.25. The Bertz CT molecular complexity index is 337. The van der Waals surface area contributed by atoms with E-state index in [0.29, 0.717) is 0 Å². The van der Waals surface area contributed by atoms with E-state index in [1.54, 1.807) is 23.5 Å². The topological polar surface area (TPSA) is 37.3 Å². The molecule has 1 N–H and O–H groups in total. The predicted octanol–water partition coefficient (Wildman–Crippen LogP) is 2.76. The van der Waals surface area contributed by atoms with Gasteiger partial charge in [-0.3, -0.25) is 4.79 Å². The van der Waals surface area contributed by atoms with Crippen LogP contribution in [0.4, 0.5) is 0 Å². The van der Waals surface area contributed by atoms with E-state index < -0.39 is 5.97 Å². The van der Waals surface area contributed by atoms with Gasteiger partial charge in [-0.1, -0.05) is 12.1 Å². The molecular weight excluding hydrogens is 216 g/mol. The van der Waals surface area contributed by atoms with Crippen molar-refractivity contribution in [1.82, 2.24) is 0 Å². The van der Waals surface area contributed by atoms with Gasteiger partial charge in [-0.25, -0.2) is 0 Å². The summed E-state index contributed by atoms with van der Waals surface area (Å²) in [5, 5.41) is 8.73. The van der Waals surface area contributed by atoms with Crippen LogP contribution in [0.2, 0.25) is 0 Å². The number of aliphatic carboxylic acids is 1. The zero-order valence-electron chi connectivity index (χ0n) is 8.11. The molecule has 0 radical (unpaired) electrons. The lowest BCUT2D eigenvalue weighted by atomic mass is 10.1. The second kappa shape index (κ2) is 5.32. The van der Waals surface area contributed by atoms with E-state index >= 15 is 0 Å². The summed E-state index contributed by atoms with van der Waals surface area (Å²) in [5.41, 5.74) is 0.900. The molecule has 1 aromatic carbocycles. The van der Waals surface area contributed by atoms with Gasteiger partial charge in [-0.05, 0) is 24.1 Å². The van der Waals surface area contributed by atoms with Gasteiger partial charge in [0.15, 0.2) is 0 Å². The summed E-state index contributed by atoms with van der Waals surface area (Å²) in [5.74, 6) is -0.779. The van der Waals surface area contributed by atoms with Crippen LogP contribution < -0.4 is 0 Å². The van der Waals surface area contributed by atoms with Gasteiger partial charge in [0.25, 0.3) is 0 Å². The van der Waals surface area contributed by atoms with Gasteiger partial charge in [-0.2, -0.15) is 0 Å². The third-order valence-electron chi connectivity index (χ3n) is 1.83. The Morgan fingerprint density at radius 2 is 2.07 bits per heavy atom. The van der Waals surface area contributed by atoms with Crippen molar-refractivity contribution < 1.29 is 9.90 Å². The highest BCUT2D eigenvalue weighted by molar-refractivity contribution is 8.01. The largest absolute Gasteiger partial charge is 0.481 e. The molecule has 0 amide bonds. The van der Waals surface area contributed by atoms with E-state index in [1.165, 1.54) is 0 Å². The lowest BCUT2D eigenvalue weighted by Gasteiger charge is -2.09. The highest BCUT2D eigenvalue weighted by Crippen LogP contribution is 2.31. The normalized spacial score (nSPS) is 10.1. The number of carboxylic acids is 1. The molecule has 0 aliphatic rings. The van der Waals surface area contributed by atoms with Crippen molar-refractivity contribution in [2.45, 2.75) is 16.2 Å². The molecule has 0 bridgehead atoms. The molecule has 1 rings (SSSR count). The third-order valence-corrected chi connectivity index (χ3v) is 3.63. The molecule has 2 nitrogen and oxygen atoms in total. The van der Waals surface area contributed by atoms with Crippen molar-refractivity contribution in [3.05, 3.63) is 23.8 Å². The number of thioether (sulfide) groups is 2. The second-order valence-electron chi connectivity index (χ2n) is 2.72. The maximum atomic E-state index is 10.6. The van der Waals surface area contributed by atoms with Gasteiger partial charge in [-0.15, -0.1) is 23.5 Å². The minimum atomic E-state index is -0.779. The summed E-state index contributed by atoms with van der Waals surface area (Å²) in [6, 6.07) is 5.80. The van der Waals surface area contributed by atoms with Crippen molar-refractivity contribution in [1.29, 1.82) is 0 Å². The van der Waals surface area contributed by atoms with Crippen molar-refractivity contribution in [3.63, 3.8) is 0 Å². The summed E-state index contributed by atoms with van der Waals surface area (Å²) in [7, 11) is 0. The van der Waals surface area contributed by atoms with Crippen LogP contribution in [-0.4, -0.2) is 23.6 Å². The van der Waals surface area contributed by atoms with Crippen molar-refractivity contribution in [3.8, 4) is 0 Å². The zero-order chi connectivity index (χ0) is 10.6. The van der Waals surface area contributed by atoms with Gasteiger partial charge in [0, 0.05) is 9.79 Å². The smallest absolute Gasteiger partial charge is 0.307 e. The first-order chi connectivity index (χ1) is 6.69. The molecule has 0 heterocycles. The number of hydrogen-bond acceptors (Lipinski definition) is 3. The van der Waals surface area contributed by atoms with Gasteiger partial charge in [0.1, 0.15) is 0 Å². The molecule has 76 valence electrons. The fourth-order valence-corrected chi connectivity index (χ4v) is 2.96. The van der Waals surface area contributed by atoms with Gasteiger partial charge in [0.05, 0.1) is 6.42 Å². The van der Waals surface area contributed by atoms with Crippen LogP contribution in [0.1, 0.15) is 5.56 Å². The Balaban J connectivity index is 3.08. The molecule has 0 atom stereocenters. The number of hydrogen-bond donors (Lipinski definition) is 1. The molecule has 0 unspecified atom stereocenters. The molecule has 0 spiro atoms. The molecule has 0 saturated heterocycles. The van der Waals surface area contributed by atoms with Crippen LogP contribution in [0.15, 0.2) is 28.0 Å². The maximum Gasteiger partial charge on any atom is 0.307 e. The zero-order valence-corrected chi connectivity index (χ0v) is 9.74. The molecule has 0 aromatic heterocycles.